The molecule has 3 aliphatic heterocycles. The van der Waals surface area contributed by atoms with Crippen molar-refractivity contribution in [1.29, 1.82) is 0 Å². The van der Waals surface area contributed by atoms with Gasteiger partial charge in [0.15, 0.2) is 0 Å². The second-order valence-corrected chi connectivity index (χ2v) is 6.34. The third-order valence-electron chi connectivity index (χ3n) is 4.78. The molecule has 0 bridgehead atoms. The number of rotatable bonds is 3. The van der Waals surface area contributed by atoms with Gasteiger partial charge in [0.1, 0.15) is 11.8 Å². The first-order chi connectivity index (χ1) is 11.3. The number of nitrogens with zero attached hydrogens (tertiary/aromatic N) is 2. The summed E-state index contributed by atoms with van der Waals surface area (Å²) in [7, 11) is 0. The Hall–Kier alpha value is -1.67. The van der Waals surface area contributed by atoms with E-state index in [-0.39, 0.29) is 11.9 Å². The fourth-order valence-electron chi connectivity index (χ4n) is 3.43. The van der Waals surface area contributed by atoms with Crippen molar-refractivity contribution in [1.82, 2.24) is 26.2 Å². The van der Waals surface area contributed by atoms with E-state index in [9.17, 15) is 4.79 Å². The summed E-state index contributed by atoms with van der Waals surface area (Å²) in [5.74, 6) is 1.22. The third kappa shape index (κ3) is 3.18. The van der Waals surface area contributed by atoms with Crippen LogP contribution in [0.4, 0.5) is 0 Å². The maximum absolute atomic E-state index is 12.3. The molecule has 0 aromatic heterocycles. The number of piperazine rings is 1. The SMILES string of the molecule is O=C(C1CNNN1)N1CCN(Cc2ccc3c(c2)CCO3)CC1. The van der Waals surface area contributed by atoms with Crippen molar-refractivity contribution in [2.75, 3.05) is 39.3 Å². The van der Waals surface area contributed by atoms with Crippen LogP contribution in [0.2, 0.25) is 0 Å². The van der Waals surface area contributed by atoms with Crippen LogP contribution in [0.15, 0.2) is 18.2 Å². The standard InChI is InChI=1S/C16H23N5O2/c22-16(14-10-17-19-18-14)21-6-4-20(5-7-21)11-12-1-2-15-13(9-12)3-8-23-15/h1-2,9,14,17-19H,3-8,10-11H2. The quantitative estimate of drug-likeness (QED) is 0.681. The molecule has 1 atom stereocenters. The van der Waals surface area contributed by atoms with Crippen LogP contribution in [0, 0.1) is 0 Å². The van der Waals surface area contributed by atoms with E-state index in [1.54, 1.807) is 0 Å². The Morgan fingerprint density at radius 1 is 1.26 bits per heavy atom. The molecular weight excluding hydrogens is 294 g/mol. The van der Waals surface area contributed by atoms with Crippen molar-refractivity contribution in [2.24, 2.45) is 0 Å². The van der Waals surface area contributed by atoms with Gasteiger partial charge in [0.05, 0.1) is 6.61 Å². The zero-order valence-electron chi connectivity index (χ0n) is 13.2. The molecule has 1 unspecified atom stereocenters. The smallest absolute Gasteiger partial charge is 0.242 e. The Morgan fingerprint density at radius 2 is 2.13 bits per heavy atom. The molecule has 0 aliphatic carbocycles. The first-order valence-electron chi connectivity index (χ1n) is 8.29. The highest BCUT2D eigenvalue weighted by atomic mass is 16.5. The monoisotopic (exact) mass is 317 g/mol. The number of ether oxygens (including phenoxy) is 1. The molecule has 3 aliphatic rings. The zero-order valence-corrected chi connectivity index (χ0v) is 13.2. The molecule has 2 fully saturated rings. The Labute approximate surface area is 135 Å². The minimum atomic E-state index is -0.154. The molecule has 0 radical (unpaired) electrons. The van der Waals surface area contributed by atoms with Crippen molar-refractivity contribution in [3.63, 3.8) is 0 Å². The maximum atomic E-state index is 12.3. The molecule has 3 heterocycles. The summed E-state index contributed by atoms with van der Waals surface area (Å²) in [6.45, 7) is 5.82. The lowest BCUT2D eigenvalue weighted by Crippen LogP contribution is -2.54. The number of hydrogen-bond acceptors (Lipinski definition) is 6. The molecule has 0 saturated carbocycles. The topological polar surface area (TPSA) is 68.9 Å². The number of benzene rings is 1. The van der Waals surface area contributed by atoms with Crippen molar-refractivity contribution in [3.05, 3.63) is 29.3 Å². The molecule has 3 N–H and O–H groups in total. The first-order valence-corrected chi connectivity index (χ1v) is 8.29. The van der Waals surface area contributed by atoms with Gasteiger partial charge in [-0.2, -0.15) is 5.53 Å². The number of carbonyl (C=O) groups excluding carboxylic acids is 1. The molecule has 1 amide bonds. The van der Waals surface area contributed by atoms with Crippen LogP contribution in [-0.2, 0) is 17.8 Å². The van der Waals surface area contributed by atoms with Crippen LogP contribution in [0.3, 0.4) is 0 Å². The van der Waals surface area contributed by atoms with Gasteiger partial charge in [0.2, 0.25) is 5.91 Å². The number of hydrogen-bond donors (Lipinski definition) is 3. The van der Waals surface area contributed by atoms with E-state index in [1.807, 2.05) is 4.90 Å². The van der Waals surface area contributed by atoms with Crippen molar-refractivity contribution >= 4 is 5.91 Å². The Bertz CT molecular complexity index is 580. The largest absolute Gasteiger partial charge is 0.493 e. The minimum Gasteiger partial charge on any atom is -0.493 e. The number of carbonyl (C=O) groups is 1. The average Bonchev–Trinajstić information content (AvgIpc) is 3.26. The highest BCUT2D eigenvalue weighted by molar-refractivity contribution is 5.82. The zero-order chi connectivity index (χ0) is 15.6. The van der Waals surface area contributed by atoms with Gasteiger partial charge in [-0.05, 0) is 17.2 Å². The normalized spacial score (nSPS) is 24.5. The van der Waals surface area contributed by atoms with Crippen molar-refractivity contribution in [3.8, 4) is 5.75 Å². The molecule has 1 aromatic carbocycles. The summed E-state index contributed by atoms with van der Waals surface area (Å²) in [5, 5.41) is 0. The van der Waals surface area contributed by atoms with Gasteiger partial charge in [-0.3, -0.25) is 9.69 Å². The molecule has 23 heavy (non-hydrogen) atoms. The molecule has 0 spiro atoms. The van der Waals surface area contributed by atoms with Gasteiger partial charge in [0.25, 0.3) is 0 Å². The van der Waals surface area contributed by atoms with Crippen LogP contribution in [0.1, 0.15) is 11.1 Å². The summed E-state index contributed by atoms with van der Waals surface area (Å²) in [6, 6.07) is 6.35. The van der Waals surface area contributed by atoms with Crippen molar-refractivity contribution < 1.29 is 9.53 Å². The predicted octanol–water partition coefficient (Wildman–Crippen LogP) is -0.753. The molecule has 7 heteroatoms. The summed E-state index contributed by atoms with van der Waals surface area (Å²) in [6.07, 6.45) is 1.02. The molecule has 2 saturated heterocycles. The van der Waals surface area contributed by atoms with Crippen LogP contribution in [0.25, 0.3) is 0 Å². The molecule has 1 aromatic rings. The Morgan fingerprint density at radius 3 is 2.91 bits per heavy atom. The van der Waals surface area contributed by atoms with Crippen LogP contribution >= 0.6 is 0 Å². The van der Waals surface area contributed by atoms with Crippen molar-refractivity contribution in [2.45, 2.75) is 19.0 Å². The molecule has 7 nitrogen and oxygen atoms in total. The summed E-state index contributed by atoms with van der Waals surface area (Å²) in [5.41, 5.74) is 11.3. The van der Waals surface area contributed by atoms with Gasteiger partial charge in [-0.25, -0.2) is 10.9 Å². The lowest BCUT2D eigenvalue weighted by molar-refractivity contribution is -0.134. The van der Waals surface area contributed by atoms with E-state index in [4.69, 9.17) is 4.74 Å². The number of nitrogens with one attached hydrogen (secondary N) is 3. The summed E-state index contributed by atoms with van der Waals surface area (Å²) < 4.78 is 5.56. The maximum Gasteiger partial charge on any atom is 0.242 e. The van der Waals surface area contributed by atoms with Crippen LogP contribution in [-0.4, -0.2) is 61.1 Å². The van der Waals surface area contributed by atoms with E-state index in [0.717, 1.165) is 51.5 Å². The van der Waals surface area contributed by atoms with Crippen LogP contribution < -0.4 is 21.1 Å². The predicted molar refractivity (Wildman–Crippen MR) is 85.6 cm³/mol. The Kier molecular flexibility index (Phi) is 4.17. The minimum absolute atomic E-state index is 0.154. The summed E-state index contributed by atoms with van der Waals surface area (Å²) >= 11 is 0. The van der Waals surface area contributed by atoms with E-state index in [2.05, 4.69) is 39.5 Å². The highest BCUT2D eigenvalue weighted by Gasteiger charge is 2.29. The van der Waals surface area contributed by atoms with E-state index < -0.39 is 0 Å². The van der Waals surface area contributed by atoms with Gasteiger partial charge in [0, 0.05) is 45.7 Å². The first kappa shape index (κ1) is 14.9. The number of hydrazine groups is 2. The van der Waals surface area contributed by atoms with E-state index in [1.165, 1.54) is 11.1 Å². The number of amides is 1. The fraction of sp³-hybridized carbons (Fsp3) is 0.562. The molecule has 124 valence electrons. The average molecular weight is 317 g/mol. The second-order valence-electron chi connectivity index (χ2n) is 6.34. The molecule has 4 rings (SSSR count). The lowest BCUT2D eigenvalue weighted by Gasteiger charge is -2.35. The second kappa shape index (κ2) is 6.45. The summed E-state index contributed by atoms with van der Waals surface area (Å²) in [4.78, 5) is 16.7. The highest BCUT2D eigenvalue weighted by Crippen LogP contribution is 2.26. The van der Waals surface area contributed by atoms with E-state index in [0.29, 0.717) is 6.54 Å². The van der Waals surface area contributed by atoms with Gasteiger partial charge in [-0.1, -0.05) is 12.1 Å². The third-order valence-corrected chi connectivity index (χ3v) is 4.78. The fourth-order valence-corrected chi connectivity index (χ4v) is 3.43. The van der Waals surface area contributed by atoms with Crippen LogP contribution in [0.5, 0.6) is 5.75 Å². The van der Waals surface area contributed by atoms with E-state index >= 15 is 0 Å². The van der Waals surface area contributed by atoms with Gasteiger partial charge >= 0.3 is 0 Å². The number of fused-ring (bicyclic) bond motifs is 1. The lowest BCUT2D eigenvalue weighted by atomic mass is 10.1. The van der Waals surface area contributed by atoms with Gasteiger partial charge < -0.3 is 9.64 Å². The van der Waals surface area contributed by atoms with Gasteiger partial charge in [-0.15, -0.1) is 0 Å². The molecular formula is C16H23N5O2. The Balaban J connectivity index is 1.30.